The largest absolute Gasteiger partial charge is 0.750 e. The van der Waals surface area contributed by atoms with Crippen LogP contribution in [0.4, 0.5) is 0 Å². The first-order valence-electron chi connectivity index (χ1n) is 3.91. The fourth-order valence-electron chi connectivity index (χ4n) is 0.641. The lowest BCUT2D eigenvalue weighted by Crippen LogP contribution is -2.03. The van der Waals surface area contributed by atoms with E-state index in [-0.39, 0.29) is 13.2 Å². The predicted molar refractivity (Wildman–Crippen MR) is 50.7 cm³/mol. The van der Waals surface area contributed by atoms with Crippen LogP contribution in [0.15, 0.2) is 12.2 Å². The summed E-state index contributed by atoms with van der Waals surface area (Å²) < 4.78 is 56.3. The van der Waals surface area contributed by atoms with E-state index in [0.29, 0.717) is 12.8 Å². The van der Waals surface area contributed by atoms with E-state index < -0.39 is 21.8 Å². The SMILES string of the molecule is O=S([O-])OCC/C=C/CCOS(=O)(=O)O. The maximum absolute atomic E-state index is 10.1. The van der Waals surface area contributed by atoms with Gasteiger partial charge < -0.3 is 8.74 Å². The van der Waals surface area contributed by atoms with Gasteiger partial charge in [0.05, 0.1) is 24.6 Å². The molecule has 0 fully saturated rings. The van der Waals surface area contributed by atoms with Gasteiger partial charge in [-0.25, -0.2) is 8.39 Å². The van der Waals surface area contributed by atoms with Crippen LogP contribution in [0.25, 0.3) is 0 Å². The summed E-state index contributed by atoms with van der Waals surface area (Å²) in [5.74, 6) is 0. The highest BCUT2D eigenvalue weighted by molar-refractivity contribution is 7.80. The van der Waals surface area contributed by atoms with Crippen molar-refractivity contribution in [2.45, 2.75) is 12.8 Å². The summed E-state index contributed by atoms with van der Waals surface area (Å²) in [5, 5.41) is 0. The van der Waals surface area contributed by atoms with Crippen LogP contribution in [0.1, 0.15) is 12.8 Å². The molecule has 0 heterocycles. The van der Waals surface area contributed by atoms with Crippen LogP contribution >= 0.6 is 0 Å². The lowest BCUT2D eigenvalue weighted by molar-refractivity contribution is 0.273. The molecule has 0 aliphatic heterocycles. The average molecular weight is 259 g/mol. The van der Waals surface area contributed by atoms with Gasteiger partial charge in [0.1, 0.15) is 0 Å². The molecule has 0 aliphatic carbocycles. The van der Waals surface area contributed by atoms with Gasteiger partial charge in [-0.3, -0.25) is 4.55 Å². The first kappa shape index (κ1) is 14.7. The molecule has 0 aliphatic rings. The molecule has 0 saturated carbocycles. The minimum Gasteiger partial charge on any atom is -0.750 e. The van der Waals surface area contributed by atoms with Gasteiger partial charge in [0.25, 0.3) is 0 Å². The Balaban J connectivity index is 3.36. The van der Waals surface area contributed by atoms with Crippen LogP contribution in [0.3, 0.4) is 0 Å². The molecule has 9 heteroatoms. The standard InChI is InChI=1S/C6H12O7S2/c7-14(8)12-5-3-1-2-4-6-13-15(9,10)11/h1-2H,3-6H2,(H,7,8)(H,9,10,11)/p-1/b2-1+. The van der Waals surface area contributed by atoms with Crippen LogP contribution < -0.4 is 0 Å². The molecule has 0 aromatic rings. The number of rotatable bonds is 8. The summed E-state index contributed by atoms with van der Waals surface area (Å²) in [6.45, 7) is -0.130. The van der Waals surface area contributed by atoms with Crippen molar-refractivity contribution in [3.05, 3.63) is 12.2 Å². The highest BCUT2D eigenvalue weighted by Crippen LogP contribution is 1.93. The van der Waals surface area contributed by atoms with E-state index in [1.807, 2.05) is 0 Å². The molecule has 0 bridgehead atoms. The molecule has 1 atom stereocenters. The van der Waals surface area contributed by atoms with Gasteiger partial charge in [0.15, 0.2) is 0 Å². The molecule has 7 nitrogen and oxygen atoms in total. The van der Waals surface area contributed by atoms with Gasteiger partial charge in [-0.1, -0.05) is 12.2 Å². The Bertz CT molecular complexity index is 307. The third-order valence-electron chi connectivity index (χ3n) is 1.15. The van der Waals surface area contributed by atoms with Crippen LogP contribution in [0.2, 0.25) is 0 Å². The fourth-order valence-corrected chi connectivity index (χ4v) is 1.18. The lowest BCUT2D eigenvalue weighted by Gasteiger charge is -2.02. The second-order valence-corrected chi connectivity index (χ2v) is 4.06. The summed E-state index contributed by atoms with van der Waals surface area (Å²) in [6.07, 6.45) is 3.88. The van der Waals surface area contributed by atoms with E-state index in [1.165, 1.54) is 0 Å². The summed E-state index contributed by atoms with van der Waals surface area (Å²) in [4.78, 5) is 0. The molecule has 1 N–H and O–H groups in total. The zero-order valence-corrected chi connectivity index (χ0v) is 9.33. The molecule has 90 valence electrons. The number of hydrogen-bond acceptors (Lipinski definition) is 6. The third kappa shape index (κ3) is 13.7. The summed E-state index contributed by atoms with van der Waals surface area (Å²) in [7, 11) is -4.37. The summed E-state index contributed by atoms with van der Waals surface area (Å²) >= 11 is -2.51. The van der Waals surface area contributed by atoms with Gasteiger partial charge >= 0.3 is 10.4 Å². The van der Waals surface area contributed by atoms with E-state index in [9.17, 15) is 17.2 Å². The van der Waals surface area contributed by atoms with Gasteiger partial charge in [0.2, 0.25) is 0 Å². The maximum Gasteiger partial charge on any atom is 0.397 e. The Kier molecular flexibility index (Phi) is 7.74. The normalized spacial score (nSPS) is 14.5. The molecule has 0 rings (SSSR count). The molecular formula is C6H11O7S2-. The van der Waals surface area contributed by atoms with Crippen LogP contribution in [0.5, 0.6) is 0 Å². The van der Waals surface area contributed by atoms with Crippen LogP contribution in [-0.4, -0.2) is 34.9 Å². The van der Waals surface area contributed by atoms with E-state index in [2.05, 4.69) is 8.37 Å². The Labute approximate surface area is 90.5 Å². The quantitative estimate of drug-likeness (QED) is 0.281. The summed E-state index contributed by atoms with van der Waals surface area (Å²) in [5.41, 5.74) is 0. The van der Waals surface area contributed by atoms with Gasteiger partial charge in [0, 0.05) is 0 Å². The van der Waals surface area contributed by atoms with Crippen molar-refractivity contribution in [1.82, 2.24) is 0 Å². The first-order chi connectivity index (χ1) is 6.92. The molecule has 0 aromatic carbocycles. The average Bonchev–Trinajstić information content (AvgIpc) is 2.07. The molecule has 0 spiro atoms. The van der Waals surface area contributed by atoms with Crippen molar-refractivity contribution in [2.75, 3.05) is 13.2 Å². The monoisotopic (exact) mass is 259 g/mol. The predicted octanol–water partition coefficient (Wildman–Crippen LogP) is -0.0471. The van der Waals surface area contributed by atoms with Crippen molar-refractivity contribution in [1.29, 1.82) is 0 Å². The van der Waals surface area contributed by atoms with E-state index in [4.69, 9.17) is 4.55 Å². The Morgan fingerprint density at radius 3 is 2.27 bits per heavy atom. The fraction of sp³-hybridized carbons (Fsp3) is 0.667. The Hall–Kier alpha value is -0.320. The van der Waals surface area contributed by atoms with Gasteiger partial charge in [-0.05, 0) is 12.8 Å². The molecule has 15 heavy (non-hydrogen) atoms. The second kappa shape index (κ2) is 7.91. The highest BCUT2D eigenvalue weighted by atomic mass is 32.3. The van der Waals surface area contributed by atoms with Crippen molar-refractivity contribution >= 4 is 21.8 Å². The Morgan fingerprint density at radius 1 is 1.27 bits per heavy atom. The van der Waals surface area contributed by atoms with Crippen molar-refractivity contribution in [3.8, 4) is 0 Å². The summed E-state index contributed by atoms with van der Waals surface area (Å²) in [6, 6.07) is 0. The second-order valence-electron chi connectivity index (χ2n) is 2.32. The van der Waals surface area contributed by atoms with Gasteiger partial charge in [-0.15, -0.1) is 0 Å². The minimum atomic E-state index is -4.37. The topological polar surface area (TPSA) is 113 Å². The first-order valence-corrected chi connectivity index (χ1v) is 6.27. The van der Waals surface area contributed by atoms with Crippen molar-refractivity contribution in [3.63, 3.8) is 0 Å². The van der Waals surface area contributed by atoms with Crippen LogP contribution in [-0.2, 0) is 30.1 Å². The lowest BCUT2D eigenvalue weighted by atomic mass is 10.3. The molecule has 0 radical (unpaired) electrons. The molecule has 0 aromatic heterocycles. The molecular weight excluding hydrogens is 248 g/mol. The van der Waals surface area contributed by atoms with Crippen molar-refractivity contribution < 1.29 is 30.1 Å². The number of hydrogen-bond donors (Lipinski definition) is 1. The zero-order valence-electron chi connectivity index (χ0n) is 7.70. The van der Waals surface area contributed by atoms with Crippen molar-refractivity contribution in [2.24, 2.45) is 0 Å². The molecule has 0 amide bonds. The van der Waals surface area contributed by atoms with E-state index >= 15 is 0 Å². The molecule has 0 saturated heterocycles. The third-order valence-corrected chi connectivity index (χ3v) is 1.97. The smallest absolute Gasteiger partial charge is 0.397 e. The van der Waals surface area contributed by atoms with E-state index in [1.54, 1.807) is 12.2 Å². The van der Waals surface area contributed by atoms with Crippen LogP contribution in [0, 0.1) is 0 Å². The minimum absolute atomic E-state index is 0.0335. The van der Waals surface area contributed by atoms with E-state index in [0.717, 1.165) is 0 Å². The highest BCUT2D eigenvalue weighted by Gasteiger charge is 2.00. The Morgan fingerprint density at radius 2 is 1.80 bits per heavy atom. The van der Waals surface area contributed by atoms with Gasteiger partial charge in [-0.2, -0.15) is 8.42 Å². The zero-order chi connectivity index (χ0) is 11.7. The molecule has 1 unspecified atom stereocenters. The maximum atomic E-state index is 10.1.